The summed E-state index contributed by atoms with van der Waals surface area (Å²) >= 11 is 0. The fourth-order valence-corrected chi connectivity index (χ4v) is 0.990. The monoisotopic (exact) mass is 190 g/mol. The zero-order valence-electron chi connectivity index (χ0n) is 8.03. The molecule has 3 nitrogen and oxygen atoms in total. The molecule has 0 aliphatic carbocycles. The highest BCUT2D eigenvalue weighted by atomic mass is 16.2. The van der Waals surface area contributed by atoms with Crippen LogP contribution in [0.4, 0.5) is 0 Å². The lowest BCUT2D eigenvalue weighted by Crippen LogP contribution is -1.97. The fraction of sp³-hybridized carbons (Fsp3) is 0.364. The van der Waals surface area contributed by atoms with Crippen LogP contribution in [0.1, 0.15) is 24.1 Å². The molecule has 0 saturated heterocycles. The Morgan fingerprint density at radius 1 is 1.50 bits per heavy atom. The maximum Gasteiger partial charge on any atom is 0.113 e. The van der Waals surface area contributed by atoms with E-state index in [1.54, 1.807) is 6.20 Å². The van der Waals surface area contributed by atoms with Gasteiger partial charge in [-0.25, -0.2) is 4.98 Å². The van der Waals surface area contributed by atoms with E-state index in [1.807, 2.05) is 12.1 Å². The molecule has 0 spiro atoms. The van der Waals surface area contributed by atoms with Crippen molar-refractivity contribution in [1.29, 1.82) is 0 Å². The maximum atomic E-state index is 8.55. The van der Waals surface area contributed by atoms with Crippen LogP contribution >= 0.6 is 0 Å². The predicted octanol–water partition coefficient (Wildman–Crippen LogP) is 0.664. The second kappa shape index (κ2) is 6.14. The lowest BCUT2D eigenvalue weighted by molar-refractivity contribution is 0.290. The van der Waals surface area contributed by atoms with E-state index in [4.69, 9.17) is 10.8 Å². The van der Waals surface area contributed by atoms with Crippen LogP contribution in [0.3, 0.4) is 0 Å². The zero-order valence-corrected chi connectivity index (χ0v) is 8.03. The number of hydrogen-bond acceptors (Lipinski definition) is 3. The number of nitrogens with zero attached hydrogens (tertiary/aromatic N) is 1. The van der Waals surface area contributed by atoms with E-state index in [2.05, 4.69) is 16.8 Å². The van der Waals surface area contributed by atoms with Crippen molar-refractivity contribution in [1.82, 2.24) is 4.98 Å². The number of aliphatic hydroxyl groups is 1. The Morgan fingerprint density at radius 3 is 3.07 bits per heavy atom. The van der Waals surface area contributed by atoms with Crippen LogP contribution in [-0.2, 0) is 6.54 Å². The Kier molecular flexibility index (Phi) is 4.70. The maximum absolute atomic E-state index is 8.55. The highest BCUT2D eigenvalue weighted by Crippen LogP contribution is 1.99. The lowest BCUT2D eigenvalue weighted by atomic mass is 10.2. The number of rotatable bonds is 3. The van der Waals surface area contributed by atoms with E-state index < -0.39 is 0 Å². The molecule has 3 N–H and O–H groups in total. The molecule has 0 atom stereocenters. The normalized spacial score (nSPS) is 9.29. The number of pyridine rings is 1. The van der Waals surface area contributed by atoms with Crippen LogP contribution in [-0.4, -0.2) is 16.7 Å². The van der Waals surface area contributed by atoms with Gasteiger partial charge in [0, 0.05) is 25.8 Å². The van der Waals surface area contributed by atoms with Gasteiger partial charge in [-0.3, -0.25) is 0 Å². The average molecular weight is 190 g/mol. The first-order valence-corrected chi connectivity index (χ1v) is 4.61. The van der Waals surface area contributed by atoms with Crippen LogP contribution in [0.15, 0.2) is 18.3 Å². The minimum Gasteiger partial charge on any atom is -0.396 e. The number of unbranched alkanes of at least 4 members (excludes halogenated alkanes) is 1. The lowest BCUT2D eigenvalue weighted by Gasteiger charge is -1.95. The zero-order chi connectivity index (χ0) is 10.2. The predicted molar refractivity (Wildman–Crippen MR) is 55.3 cm³/mol. The summed E-state index contributed by atoms with van der Waals surface area (Å²) in [7, 11) is 0. The molecule has 0 bridgehead atoms. The van der Waals surface area contributed by atoms with Crippen LogP contribution < -0.4 is 5.73 Å². The number of aromatic nitrogens is 1. The summed E-state index contributed by atoms with van der Waals surface area (Å²) in [4.78, 5) is 4.09. The third-order valence-electron chi connectivity index (χ3n) is 1.74. The van der Waals surface area contributed by atoms with E-state index in [0.29, 0.717) is 19.4 Å². The van der Waals surface area contributed by atoms with Crippen molar-refractivity contribution in [3.8, 4) is 11.8 Å². The molecule has 0 aliphatic heterocycles. The Bertz CT molecular complexity index is 339. The molecule has 74 valence electrons. The van der Waals surface area contributed by atoms with Crippen molar-refractivity contribution in [2.45, 2.75) is 19.4 Å². The first kappa shape index (κ1) is 10.7. The van der Waals surface area contributed by atoms with Crippen LogP contribution in [0.25, 0.3) is 0 Å². The first-order valence-electron chi connectivity index (χ1n) is 4.61. The van der Waals surface area contributed by atoms with Crippen LogP contribution in [0.2, 0.25) is 0 Å². The Hall–Kier alpha value is -1.37. The highest BCUT2D eigenvalue weighted by Gasteiger charge is 1.91. The average Bonchev–Trinajstić information content (AvgIpc) is 2.25. The summed E-state index contributed by atoms with van der Waals surface area (Å²) in [6, 6.07) is 3.75. The van der Waals surface area contributed by atoms with E-state index in [0.717, 1.165) is 11.3 Å². The van der Waals surface area contributed by atoms with Crippen molar-refractivity contribution in [3.05, 3.63) is 29.6 Å². The van der Waals surface area contributed by atoms with E-state index in [-0.39, 0.29) is 6.61 Å². The minimum atomic E-state index is 0.185. The molecule has 0 aliphatic rings. The number of hydrogen-bond donors (Lipinski definition) is 2. The molecule has 1 heterocycles. The molecule has 0 radical (unpaired) electrons. The third kappa shape index (κ3) is 3.56. The SMILES string of the molecule is NCc1ccnc(C#CCCCO)c1. The number of aliphatic hydroxyl groups excluding tert-OH is 1. The van der Waals surface area contributed by atoms with Gasteiger partial charge in [0.25, 0.3) is 0 Å². The van der Waals surface area contributed by atoms with Crippen molar-refractivity contribution in [3.63, 3.8) is 0 Å². The first-order chi connectivity index (χ1) is 6.86. The van der Waals surface area contributed by atoms with Crippen LogP contribution in [0, 0.1) is 11.8 Å². The van der Waals surface area contributed by atoms with Crippen LogP contribution in [0.5, 0.6) is 0 Å². The van der Waals surface area contributed by atoms with Crippen molar-refractivity contribution in [2.75, 3.05) is 6.61 Å². The van der Waals surface area contributed by atoms with Gasteiger partial charge in [0.2, 0.25) is 0 Å². The largest absolute Gasteiger partial charge is 0.396 e. The van der Waals surface area contributed by atoms with Gasteiger partial charge < -0.3 is 10.8 Å². The van der Waals surface area contributed by atoms with E-state index >= 15 is 0 Å². The van der Waals surface area contributed by atoms with Gasteiger partial charge in [-0.15, -0.1) is 0 Å². The molecule has 0 saturated carbocycles. The number of nitrogens with two attached hydrogens (primary N) is 1. The quantitative estimate of drug-likeness (QED) is 0.544. The van der Waals surface area contributed by atoms with Gasteiger partial charge in [-0.05, 0) is 30.0 Å². The molecule has 0 unspecified atom stereocenters. The molecule has 3 heteroatoms. The van der Waals surface area contributed by atoms with Crippen molar-refractivity contribution >= 4 is 0 Å². The van der Waals surface area contributed by atoms with Gasteiger partial charge in [0.15, 0.2) is 0 Å². The molecular formula is C11H14N2O. The van der Waals surface area contributed by atoms with Gasteiger partial charge in [-0.1, -0.05) is 5.92 Å². The topological polar surface area (TPSA) is 59.1 Å². The molecule has 1 aromatic rings. The Morgan fingerprint density at radius 2 is 2.36 bits per heavy atom. The van der Waals surface area contributed by atoms with Gasteiger partial charge in [-0.2, -0.15) is 0 Å². The summed E-state index contributed by atoms with van der Waals surface area (Å²) < 4.78 is 0. The molecule has 0 fully saturated rings. The third-order valence-corrected chi connectivity index (χ3v) is 1.74. The standard InChI is InChI=1S/C11H14N2O/c12-9-10-5-6-13-11(8-10)4-2-1-3-7-14/h5-6,8,14H,1,3,7,9,12H2. The molecular weight excluding hydrogens is 176 g/mol. The second-order valence-electron chi connectivity index (χ2n) is 2.88. The van der Waals surface area contributed by atoms with Crippen molar-refractivity contribution < 1.29 is 5.11 Å². The molecule has 0 aromatic carbocycles. The Balaban J connectivity index is 2.60. The highest BCUT2D eigenvalue weighted by molar-refractivity contribution is 5.30. The fourth-order valence-electron chi connectivity index (χ4n) is 0.990. The van der Waals surface area contributed by atoms with Crippen molar-refractivity contribution in [2.24, 2.45) is 5.73 Å². The Labute approximate surface area is 84.0 Å². The molecule has 14 heavy (non-hydrogen) atoms. The van der Waals surface area contributed by atoms with Gasteiger partial charge >= 0.3 is 0 Å². The molecule has 1 aromatic heterocycles. The summed E-state index contributed by atoms with van der Waals surface area (Å²) in [5.74, 6) is 5.87. The summed E-state index contributed by atoms with van der Waals surface area (Å²) in [5.41, 5.74) is 7.26. The minimum absolute atomic E-state index is 0.185. The van der Waals surface area contributed by atoms with Gasteiger partial charge in [0.05, 0.1) is 0 Å². The van der Waals surface area contributed by atoms with E-state index in [1.165, 1.54) is 0 Å². The molecule has 1 rings (SSSR count). The summed E-state index contributed by atoms with van der Waals surface area (Å²) in [6.07, 6.45) is 3.12. The van der Waals surface area contributed by atoms with E-state index in [9.17, 15) is 0 Å². The molecule has 0 amide bonds. The second-order valence-corrected chi connectivity index (χ2v) is 2.88. The summed E-state index contributed by atoms with van der Waals surface area (Å²) in [6.45, 7) is 0.693. The van der Waals surface area contributed by atoms with Gasteiger partial charge in [0.1, 0.15) is 5.69 Å². The summed E-state index contributed by atoms with van der Waals surface area (Å²) in [5, 5.41) is 8.55. The smallest absolute Gasteiger partial charge is 0.113 e.